The molecule has 0 aliphatic carbocycles. The first-order valence-corrected chi connectivity index (χ1v) is 5.83. The van der Waals surface area contributed by atoms with Crippen molar-refractivity contribution in [1.82, 2.24) is 0 Å². The summed E-state index contributed by atoms with van der Waals surface area (Å²) in [5.74, 6) is 1.77. The van der Waals surface area contributed by atoms with Crippen molar-refractivity contribution in [3.05, 3.63) is 59.5 Å². The van der Waals surface area contributed by atoms with E-state index in [1.807, 2.05) is 44.2 Å². The van der Waals surface area contributed by atoms with Crippen LogP contribution in [-0.2, 0) is 0 Å². The number of hydrogen-bond donors (Lipinski definition) is 0. The number of nitrogens with zero attached hydrogens (tertiary/aromatic N) is 1. The number of aliphatic imine (C=N–C) groups is 1. The Morgan fingerprint density at radius 1 is 1.12 bits per heavy atom. The highest BCUT2D eigenvalue weighted by atomic mass is 16.3. The molecule has 1 aromatic heterocycles. The van der Waals surface area contributed by atoms with Crippen LogP contribution in [0.4, 0.5) is 0 Å². The van der Waals surface area contributed by atoms with Crippen LogP contribution < -0.4 is 0 Å². The molecule has 0 unspecified atom stereocenters. The highest BCUT2D eigenvalue weighted by Crippen LogP contribution is 2.18. The fraction of sp³-hybridized carbons (Fsp3) is 0.267. The summed E-state index contributed by atoms with van der Waals surface area (Å²) >= 11 is 0. The van der Waals surface area contributed by atoms with Crippen molar-refractivity contribution in [3.63, 3.8) is 0 Å². The molecule has 2 rings (SSSR count). The minimum absolute atomic E-state index is 0.154. The Balaban J connectivity index is 2.19. The van der Waals surface area contributed by atoms with Crippen molar-refractivity contribution in [3.8, 4) is 0 Å². The van der Waals surface area contributed by atoms with Gasteiger partial charge in [0.1, 0.15) is 11.5 Å². The second-order valence-electron chi connectivity index (χ2n) is 4.21. The Morgan fingerprint density at radius 3 is 2.41 bits per heavy atom. The third kappa shape index (κ3) is 2.84. The van der Waals surface area contributed by atoms with Crippen molar-refractivity contribution in [2.24, 2.45) is 4.99 Å². The smallest absolute Gasteiger partial charge is 0.147 e. The standard InChI is InChI=1S/C15H17NO/c1-11-9-10-15(17-11)13(3)16-12(2)14-7-5-4-6-8-14/h4-10,12H,1-3H3/t12-/m1/s1. The molecule has 0 aliphatic rings. The van der Waals surface area contributed by atoms with Gasteiger partial charge in [-0.05, 0) is 38.5 Å². The van der Waals surface area contributed by atoms with E-state index in [1.54, 1.807) is 0 Å². The normalized spacial score (nSPS) is 13.7. The van der Waals surface area contributed by atoms with Crippen molar-refractivity contribution >= 4 is 5.71 Å². The molecule has 0 N–H and O–H groups in total. The summed E-state index contributed by atoms with van der Waals surface area (Å²) in [5, 5.41) is 0. The lowest BCUT2D eigenvalue weighted by atomic mass is 10.1. The van der Waals surface area contributed by atoms with Gasteiger partial charge in [-0.15, -0.1) is 0 Å². The lowest BCUT2D eigenvalue weighted by Crippen LogP contribution is -1.97. The predicted molar refractivity (Wildman–Crippen MR) is 70.5 cm³/mol. The fourth-order valence-corrected chi connectivity index (χ4v) is 1.79. The largest absolute Gasteiger partial charge is 0.460 e. The van der Waals surface area contributed by atoms with Gasteiger partial charge in [-0.3, -0.25) is 4.99 Å². The SMILES string of the molecule is CC(=N[C@H](C)c1ccccc1)c1ccc(C)o1. The van der Waals surface area contributed by atoms with Gasteiger partial charge in [-0.25, -0.2) is 0 Å². The zero-order valence-electron chi connectivity index (χ0n) is 10.5. The third-order valence-electron chi connectivity index (χ3n) is 2.77. The van der Waals surface area contributed by atoms with Gasteiger partial charge in [-0.2, -0.15) is 0 Å². The molecule has 2 heteroatoms. The monoisotopic (exact) mass is 227 g/mol. The molecule has 88 valence electrons. The van der Waals surface area contributed by atoms with E-state index >= 15 is 0 Å². The van der Waals surface area contributed by atoms with Gasteiger partial charge in [-0.1, -0.05) is 30.3 Å². The van der Waals surface area contributed by atoms with Gasteiger partial charge in [0, 0.05) is 0 Å². The minimum Gasteiger partial charge on any atom is -0.460 e. The van der Waals surface area contributed by atoms with E-state index in [0.29, 0.717) is 0 Å². The van der Waals surface area contributed by atoms with Crippen LogP contribution in [-0.4, -0.2) is 5.71 Å². The van der Waals surface area contributed by atoms with Crippen LogP contribution in [0.1, 0.15) is 37.0 Å². The molecule has 1 heterocycles. The molecule has 2 aromatic rings. The summed E-state index contributed by atoms with van der Waals surface area (Å²) in [7, 11) is 0. The Hall–Kier alpha value is -1.83. The van der Waals surface area contributed by atoms with E-state index < -0.39 is 0 Å². The van der Waals surface area contributed by atoms with E-state index in [1.165, 1.54) is 5.56 Å². The summed E-state index contributed by atoms with van der Waals surface area (Å²) in [6.07, 6.45) is 0. The van der Waals surface area contributed by atoms with Crippen LogP contribution in [0.5, 0.6) is 0 Å². The molecule has 1 aromatic carbocycles. The van der Waals surface area contributed by atoms with Gasteiger partial charge < -0.3 is 4.42 Å². The quantitative estimate of drug-likeness (QED) is 0.723. The maximum atomic E-state index is 5.55. The average molecular weight is 227 g/mol. The predicted octanol–water partition coefficient (Wildman–Crippen LogP) is 4.16. The second kappa shape index (κ2) is 5.00. The molecule has 2 nitrogen and oxygen atoms in total. The third-order valence-corrected chi connectivity index (χ3v) is 2.77. The van der Waals surface area contributed by atoms with Gasteiger partial charge in [0.2, 0.25) is 0 Å². The minimum atomic E-state index is 0.154. The van der Waals surface area contributed by atoms with Crippen molar-refractivity contribution < 1.29 is 4.42 Å². The van der Waals surface area contributed by atoms with Crippen LogP contribution in [0.25, 0.3) is 0 Å². The first-order valence-electron chi connectivity index (χ1n) is 5.83. The summed E-state index contributed by atoms with van der Waals surface area (Å²) in [4.78, 5) is 4.65. The Morgan fingerprint density at radius 2 is 1.82 bits per heavy atom. The molecule has 0 fully saturated rings. The van der Waals surface area contributed by atoms with Gasteiger partial charge in [0.15, 0.2) is 0 Å². The molecular weight excluding hydrogens is 210 g/mol. The van der Waals surface area contributed by atoms with E-state index in [9.17, 15) is 0 Å². The van der Waals surface area contributed by atoms with Crippen LogP contribution >= 0.6 is 0 Å². The molecule has 1 atom stereocenters. The first kappa shape index (κ1) is 11.6. The summed E-state index contributed by atoms with van der Waals surface area (Å²) < 4.78 is 5.55. The molecule has 0 spiro atoms. The zero-order valence-corrected chi connectivity index (χ0v) is 10.5. The van der Waals surface area contributed by atoms with Crippen LogP contribution in [0.2, 0.25) is 0 Å². The highest BCUT2D eigenvalue weighted by molar-refractivity contribution is 5.96. The summed E-state index contributed by atoms with van der Waals surface area (Å²) in [5.41, 5.74) is 2.16. The summed E-state index contributed by atoms with van der Waals surface area (Å²) in [6, 6.07) is 14.3. The number of aryl methyl sites for hydroxylation is 1. The Kier molecular flexibility index (Phi) is 3.43. The molecule has 0 aliphatic heterocycles. The maximum absolute atomic E-state index is 5.55. The van der Waals surface area contributed by atoms with Crippen molar-refractivity contribution in [1.29, 1.82) is 0 Å². The number of benzene rings is 1. The Bertz CT molecular complexity index is 511. The fourth-order valence-electron chi connectivity index (χ4n) is 1.79. The van der Waals surface area contributed by atoms with Crippen molar-refractivity contribution in [2.45, 2.75) is 26.8 Å². The molecule has 0 radical (unpaired) electrons. The highest BCUT2D eigenvalue weighted by Gasteiger charge is 2.06. The molecule has 0 bridgehead atoms. The number of rotatable bonds is 3. The first-order chi connectivity index (χ1) is 8.16. The van der Waals surface area contributed by atoms with E-state index in [-0.39, 0.29) is 6.04 Å². The Labute approximate surface area is 102 Å². The van der Waals surface area contributed by atoms with Crippen LogP contribution in [0, 0.1) is 6.92 Å². The zero-order chi connectivity index (χ0) is 12.3. The maximum Gasteiger partial charge on any atom is 0.147 e. The molecular formula is C15H17NO. The van der Waals surface area contributed by atoms with E-state index in [0.717, 1.165) is 17.2 Å². The average Bonchev–Trinajstić information content (AvgIpc) is 2.77. The van der Waals surface area contributed by atoms with E-state index in [2.05, 4.69) is 24.0 Å². The topological polar surface area (TPSA) is 25.5 Å². The lowest BCUT2D eigenvalue weighted by Gasteiger charge is -2.07. The van der Waals surface area contributed by atoms with E-state index in [4.69, 9.17) is 4.42 Å². The van der Waals surface area contributed by atoms with Gasteiger partial charge >= 0.3 is 0 Å². The molecule has 0 saturated heterocycles. The van der Waals surface area contributed by atoms with Gasteiger partial charge in [0.05, 0.1) is 11.8 Å². The number of furan rings is 1. The van der Waals surface area contributed by atoms with Gasteiger partial charge in [0.25, 0.3) is 0 Å². The molecule has 17 heavy (non-hydrogen) atoms. The molecule has 0 saturated carbocycles. The molecule has 0 amide bonds. The lowest BCUT2D eigenvalue weighted by molar-refractivity contribution is 0.524. The summed E-state index contributed by atoms with van der Waals surface area (Å²) in [6.45, 7) is 6.02. The van der Waals surface area contributed by atoms with Crippen LogP contribution in [0.15, 0.2) is 51.9 Å². The van der Waals surface area contributed by atoms with Crippen molar-refractivity contribution in [2.75, 3.05) is 0 Å². The second-order valence-corrected chi connectivity index (χ2v) is 4.21. The number of hydrogen-bond acceptors (Lipinski definition) is 2. The van der Waals surface area contributed by atoms with Crippen LogP contribution in [0.3, 0.4) is 0 Å².